The van der Waals surface area contributed by atoms with Gasteiger partial charge in [0.15, 0.2) is 5.82 Å². The Labute approximate surface area is 134 Å². The van der Waals surface area contributed by atoms with Crippen LogP contribution < -0.4 is 10.6 Å². The molecule has 0 aliphatic carbocycles. The lowest BCUT2D eigenvalue weighted by molar-refractivity contribution is -0.120. The predicted octanol–water partition coefficient (Wildman–Crippen LogP) is 0.831. The van der Waals surface area contributed by atoms with E-state index in [9.17, 15) is 4.79 Å². The van der Waals surface area contributed by atoms with Crippen LogP contribution >= 0.6 is 12.4 Å². The molecule has 0 radical (unpaired) electrons. The Morgan fingerprint density at radius 1 is 1.50 bits per heavy atom. The first kappa shape index (κ1) is 16.4. The standard InChI is InChI=1S/C14H17N5O2.ClH/c1-19-9-16-18-13(19)10-3-2-4-11(7-10)17-14(20)12-8-21-6-5-15-12;/h2-4,7,9,12,15H,5-6,8H2,1H3,(H,17,20);1H. The van der Waals surface area contributed by atoms with Crippen LogP contribution in [-0.2, 0) is 16.6 Å². The van der Waals surface area contributed by atoms with Gasteiger partial charge in [0.05, 0.1) is 13.2 Å². The van der Waals surface area contributed by atoms with E-state index in [1.807, 2.05) is 35.9 Å². The molecule has 2 aromatic rings. The summed E-state index contributed by atoms with van der Waals surface area (Å²) >= 11 is 0. The molecule has 3 rings (SSSR count). The Hall–Kier alpha value is -1.96. The van der Waals surface area contributed by atoms with Gasteiger partial charge in [0, 0.05) is 24.8 Å². The number of anilines is 1. The second-order valence-electron chi connectivity index (χ2n) is 4.92. The van der Waals surface area contributed by atoms with Crippen molar-refractivity contribution in [2.45, 2.75) is 6.04 Å². The molecule has 1 saturated heterocycles. The number of benzene rings is 1. The highest BCUT2D eigenvalue weighted by Crippen LogP contribution is 2.20. The van der Waals surface area contributed by atoms with Gasteiger partial charge >= 0.3 is 0 Å². The minimum Gasteiger partial charge on any atom is -0.378 e. The van der Waals surface area contributed by atoms with Crippen molar-refractivity contribution in [3.63, 3.8) is 0 Å². The molecule has 1 aromatic heterocycles. The van der Waals surface area contributed by atoms with Crippen LogP contribution in [0.25, 0.3) is 11.4 Å². The lowest BCUT2D eigenvalue weighted by Gasteiger charge is -2.22. The largest absolute Gasteiger partial charge is 0.378 e. The van der Waals surface area contributed by atoms with Gasteiger partial charge in [-0.05, 0) is 12.1 Å². The topological polar surface area (TPSA) is 81.1 Å². The summed E-state index contributed by atoms with van der Waals surface area (Å²) in [4.78, 5) is 12.1. The molecule has 8 heteroatoms. The van der Waals surface area contributed by atoms with E-state index in [4.69, 9.17) is 4.74 Å². The van der Waals surface area contributed by atoms with Crippen molar-refractivity contribution >= 4 is 24.0 Å². The fourth-order valence-electron chi connectivity index (χ4n) is 2.24. The highest BCUT2D eigenvalue weighted by atomic mass is 35.5. The van der Waals surface area contributed by atoms with Crippen LogP contribution in [0.4, 0.5) is 5.69 Å². The normalized spacial score (nSPS) is 17.6. The average molecular weight is 324 g/mol. The van der Waals surface area contributed by atoms with Crippen LogP contribution in [0.2, 0.25) is 0 Å². The molecule has 1 aliphatic rings. The number of hydrogen-bond donors (Lipinski definition) is 2. The van der Waals surface area contributed by atoms with Crippen molar-refractivity contribution in [3.8, 4) is 11.4 Å². The second kappa shape index (κ2) is 7.35. The number of nitrogens with one attached hydrogen (secondary N) is 2. The molecule has 118 valence electrons. The molecule has 0 saturated carbocycles. The average Bonchev–Trinajstić information content (AvgIpc) is 2.94. The fraction of sp³-hybridized carbons (Fsp3) is 0.357. The third kappa shape index (κ3) is 3.62. The van der Waals surface area contributed by atoms with E-state index in [-0.39, 0.29) is 24.4 Å². The summed E-state index contributed by atoms with van der Waals surface area (Å²) < 4.78 is 7.13. The zero-order valence-corrected chi connectivity index (χ0v) is 13.0. The highest BCUT2D eigenvalue weighted by Gasteiger charge is 2.21. The number of rotatable bonds is 3. The van der Waals surface area contributed by atoms with Crippen LogP contribution in [0.15, 0.2) is 30.6 Å². The van der Waals surface area contributed by atoms with E-state index in [0.29, 0.717) is 19.8 Å². The third-order valence-electron chi connectivity index (χ3n) is 3.34. The Kier molecular flexibility index (Phi) is 5.48. The second-order valence-corrected chi connectivity index (χ2v) is 4.92. The zero-order chi connectivity index (χ0) is 14.7. The highest BCUT2D eigenvalue weighted by molar-refractivity contribution is 5.95. The lowest BCUT2D eigenvalue weighted by Crippen LogP contribution is -2.48. The summed E-state index contributed by atoms with van der Waals surface area (Å²) in [5, 5.41) is 13.9. The SMILES string of the molecule is Cl.Cn1cnnc1-c1cccc(NC(=O)C2COCCN2)c1. The molecule has 1 aromatic carbocycles. The van der Waals surface area contributed by atoms with E-state index in [2.05, 4.69) is 20.8 Å². The summed E-state index contributed by atoms with van der Waals surface area (Å²) in [5.41, 5.74) is 1.63. The van der Waals surface area contributed by atoms with Gasteiger partial charge in [-0.25, -0.2) is 0 Å². The summed E-state index contributed by atoms with van der Waals surface area (Å²) in [5.74, 6) is 0.662. The van der Waals surface area contributed by atoms with Gasteiger partial charge in [0.25, 0.3) is 0 Å². The fourth-order valence-corrected chi connectivity index (χ4v) is 2.24. The van der Waals surface area contributed by atoms with Gasteiger partial charge in [-0.1, -0.05) is 12.1 Å². The van der Waals surface area contributed by atoms with Gasteiger partial charge in [0.2, 0.25) is 5.91 Å². The van der Waals surface area contributed by atoms with Gasteiger partial charge in [0.1, 0.15) is 12.4 Å². The molecule has 1 fully saturated rings. The minimum atomic E-state index is -0.308. The number of carbonyl (C=O) groups is 1. The number of ether oxygens (including phenoxy) is 1. The Balaban J connectivity index is 0.00000176. The van der Waals surface area contributed by atoms with Crippen LogP contribution in [0.1, 0.15) is 0 Å². The number of carbonyl (C=O) groups excluding carboxylic acids is 1. The van der Waals surface area contributed by atoms with Crippen LogP contribution in [0, 0.1) is 0 Å². The Morgan fingerprint density at radius 2 is 2.36 bits per heavy atom. The summed E-state index contributed by atoms with van der Waals surface area (Å²) in [7, 11) is 1.88. The monoisotopic (exact) mass is 323 g/mol. The number of aryl methyl sites for hydroxylation is 1. The first-order valence-electron chi connectivity index (χ1n) is 6.80. The molecule has 1 amide bonds. The molecule has 2 heterocycles. The minimum absolute atomic E-state index is 0. The number of aromatic nitrogens is 3. The predicted molar refractivity (Wildman–Crippen MR) is 84.9 cm³/mol. The van der Waals surface area contributed by atoms with E-state index in [0.717, 1.165) is 17.1 Å². The van der Waals surface area contributed by atoms with Crippen molar-refractivity contribution in [2.24, 2.45) is 7.05 Å². The van der Waals surface area contributed by atoms with Crippen molar-refractivity contribution in [2.75, 3.05) is 25.1 Å². The van der Waals surface area contributed by atoms with Gasteiger partial charge in [-0.2, -0.15) is 0 Å². The van der Waals surface area contributed by atoms with Gasteiger partial charge in [-0.15, -0.1) is 22.6 Å². The Morgan fingerprint density at radius 3 is 3.05 bits per heavy atom. The lowest BCUT2D eigenvalue weighted by atomic mass is 10.1. The van der Waals surface area contributed by atoms with E-state index < -0.39 is 0 Å². The van der Waals surface area contributed by atoms with E-state index in [1.165, 1.54) is 0 Å². The molecular weight excluding hydrogens is 306 g/mol. The van der Waals surface area contributed by atoms with E-state index in [1.54, 1.807) is 6.33 Å². The summed E-state index contributed by atoms with van der Waals surface area (Å²) in [6.07, 6.45) is 1.64. The van der Waals surface area contributed by atoms with Crippen LogP contribution in [0.3, 0.4) is 0 Å². The summed E-state index contributed by atoms with van der Waals surface area (Å²) in [6.45, 7) is 1.73. The third-order valence-corrected chi connectivity index (χ3v) is 3.34. The van der Waals surface area contributed by atoms with Crippen LogP contribution in [0.5, 0.6) is 0 Å². The maximum atomic E-state index is 12.1. The number of morpholine rings is 1. The maximum absolute atomic E-state index is 12.1. The molecule has 1 unspecified atom stereocenters. The molecule has 22 heavy (non-hydrogen) atoms. The van der Waals surface area contributed by atoms with E-state index >= 15 is 0 Å². The molecule has 1 aliphatic heterocycles. The van der Waals surface area contributed by atoms with Crippen molar-refractivity contribution < 1.29 is 9.53 Å². The maximum Gasteiger partial charge on any atom is 0.243 e. The number of hydrogen-bond acceptors (Lipinski definition) is 5. The number of amides is 1. The van der Waals surface area contributed by atoms with Crippen molar-refractivity contribution in [1.29, 1.82) is 0 Å². The quantitative estimate of drug-likeness (QED) is 0.874. The van der Waals surface area contributed by atoms with Gasteiger partial charge < -0.3 is 19.9 Å². The molecular formula is C14H18ClN5O2. The molecule has 1 atom stereocenters. The van der Waals surface area contributed by atoms with Crippen molar-refractivity contribution in [3.05, 3.63) is 30.6 Å². The first-order chi connectivity index (χ1) is 10.2. The van der Waals surface area contributed by atoms with Crippen LogP contribution in [-0.4, -0.2) is 46.5 Å². The first-order valence-corrected chi connectivity index (χ1v) is 6.80. The molecule has 0 spiro atoms. The van der Waals surface area contributed by atoms with Gasteiger partial charge in [-0.3, -0.25) is 4.79 Å². The smallest absolute Gasteiger partial charge is 0.243 e. The number of nitrogens with zero attached hydrogens (tertiary/aromatic N) is 3. The zero-order valence-electron chi connectivity index (χ0n) is 12.2. The Bertz CT molecular complexity index is 640. The molecule has 0 bridgehead atoms. The summed E-state index contributed by atoms with van der Waals surface area (Å²) in [6, 6.07) is 7.23. The molecule has 2 N–H and O–H groups in total. The molecule has 7 nitrogen and oxygen atoms in total. The number of halogens is 1. The van der Waals surface area contributed by atoms with Crippen molar-refractivity contribution in [1.82, 2.24) is 20.1 Å².